The van der Waals surface area contributed by atoms with Crippen LogP contribution in [0.4, 0.5) is 0 Å². The molecule has 0 aliphatic carbocycles. The number of aliphatic imine (C=N–C) groups is 1. The molecule has 0 bridgehead atoms. The summed E-state index contributed by atoms with van der Waals surface area (Å²) >= 11 is 0. The zero-order valence-corrected chi connectivity index (χ0v) is 11.1. The minimum atomic E-state index is 0.385. The topological polar surface area (TPSA) is 36.9 Å². The number of nitrogens with one attached hydrogen (secondary N) is 1. The largest absolute Gasteiger partial charge is 0.376 e. The average Bonchev–Trinajstić information content (AvgIpc) is 2.85. The van der Waals surface area contributed by atoms with Gasteiger partial charge in [-0.2, -0.15) is 0 Å². The quantitative estimate of drug-likeness (QED) is 0.586. The van der Waals surface area contributed by atoms with Crippen molar-refractivity contribution < 1.29 is 4.74 Å². The van der Waals surface area contributed by atoms with E-state index < -0.39 is 0 Å². The highest BCUT2D eigenvalue weighted by Gasteiger charge is 2.20. The van der Waals surface area contributed by atoms with Crippen molar-refractivity contribution in [3.05, 3.63) is 0 Å². The van der Waals surface area contributed by atoms with Crippen LogP contribution in [-0.2, 0) is 4.74 Å². The fraction of sp³-hybridized carbons (Fsp3) is 0.923. The van der Waals surface area contributed by atoms with Crippen molar-refractivity contribution in [1.82, 2.24) is 10.2 Å². The van der Waals surface area contributed by atoms with Gasteiger partial charge in [0, 0.05) is 33.3 Å². The van der Waals surface area contributed by atoms with Gasteiger partial charge in [-0.15, -0.1) is 0 Å². The SMILES string of the molecule is CN=C(NCC1CCCO1)N1CCC(C)CC1. The maximum absolute atomic E-state index is 5.62. The van der Waals surface area contributed by atoms with Crippen molar-refractivity contribution in [2.45, 2.75) is 38.7 Å². The molecule has 17 heavy (non-hydrogen) atoms. The highest BCUT2D eigenvalue weighted by atomic mass is 16.5. The molecular weight excluding hydrogens is 214 g/mol. The van der Waals surface area contributed by atoms with E-state index >= 15 is 0 Å². The second kappa shape index (κ2) is 6.24. The van der Waals surface area contributed by atoms with E-state index in [0.717, 1.165) is 38.1 Å². The van der Waals surface area contributed by atoms with Crippen LogP contribution in [0, 0.1) is 5.92 Å². The second-order valence-corrected chi connectivity index (χ2v) is 5.23. The molecule has 0 radical (unpaired) electrons. The number of nitrogens with zero attached hydrogens (tertiary/aromatic N) is 2. The lowest BCUT2D eigenvalue weighted by atomic mass is 10.00. The minimum Gasteiger partial charge on any atom is -0.376 e. The van der Waals surface area contributed by atoms with Crippen LogP contribution in [0.5, 0.6) is 0 Å². The molecule has 4 heteroatoms. The van der Waals surface area contributed by atoms with Gasteiger partial charge in [0.2, 0.25) is 0 Å². The van der Waals surface area contributed by atoms with Crippen LogP contribution in [0.2, 0.25) is 0 Å². The summed E-state index contributed by atoms with van der Waals surface area (Å²) in [5.41, 5.74) is 0. The van der Waals surface area contributed by atoms with Crippen LogP contribution in [0.25, 0.3) is 0 Å². The fourth-order valence-corrected chi connectivity index (χ4v) is 2.56. The summed E-state index contributed by atoms with van der Waals surface area (Å²) in [6.45, 7) is 6.42. The van der Waals surface area contributed by atoms with Crippen LogP contribution in [0.1, 0.15) is 32.6 Å². The van der Waals surface area contributed by atoms with Crippen LogP contribution in [-0.4, -0.2) is 50.3 Å². The summed E-state index contributed by atoms with van der Waals surface area (Å²) in [5.74, 6) is 1.91. The average molecular weight is 239 g/mol. The van der Waals surface area contributed by atoms with E-state index in [1.54, 1.807) is 0 Å². The van der Waals surface area contributed by atoms with Gasteiger partial charge in [-0.25, -0.2) is 0 Å². The molecule has 0 aromatic carbocycles. The molecule has 0 amide bonds. The van der Waals surface area contributed by atoms with E-state index in [-0.39, 0.29) is 0 Å². The molecule has 2 rings (SSSR count). The first-order valence-corrected chi connectivity index (χ1v) is 6.87. The van der Waals surface area contributed by atoms with Gasteiger partial charge in [0.25, 0.3) is 0 Å². The van der Waals surface area contributed by atoms with Gasteiger partial charge < -0.3 is 15.0 Å². The molecular formula is C13H25N3O. The molecule has 0 spiro atoms. The van der Waals surface area contributed by atoms with E-state index in [2.05, 4.69) is 22.1 Å². The number of ether oxygens (including phenoxy) is 1. The fourth-order valence-electron chi connectivity index (χ4n) is 2.56. The first kappa shape index (κ1) is 12.7. The van der Waals surface area contributed by atoms with Crippen LogP contribution >= 0.6 is 0 Å². The number of likely N-dealkylation sites (tertiary alicyclic amines) is 1. The molecule has 2 heterocycles. The Morgan fingerprint density at radius 3 is 2.71 bits per heavy atom. The second-order valence-electron chi connectivity index (χ2n) is 5.23. The van der Waals surface area contributed by atoms with E-state index in [4.69, 9.17) is 4.74 Å². The van der Waals surface area contributed by atoms with Gasteiger partial charge in [-0.3, -0.25) is 4.99 Å². The lowest BCUT2D eigenvalue weighted by molar-refractivity contribution is 0.113. The normalized spacial score (nSPS) is 27.5. The van der Waals surface area contributed by atoms with Crippen molar-refractivity contribution in [1.29, 1.82) is 0 Å². The van der Waals surface area contributed by atoms with E-state index in [1.807, 2.05) is 7.05 Å². The third kappa shape index (κ3) is 3.60. The number of piperidine rings is 1. The van der Waals surface area contributed by atoms with E-state index in [1.165, 1.54) is 25.7 Å². The monoisotopic (exact) mass is 239 g/mol. The van der Waals surface area contributed by atoms with Crippen molar-refractivity contribution in [2.75, 3.05) is 33.3 Å². The van der Waals surface area contributed by atoms with Gasteiger partial charge in [-0.1, -0.05) is 6.92 Å². The lowest BCUT2D eigenvalue weighted by Gasteiger charge is -2.33. The van der Waals surface area contributed by atoms with Crippen LogP contribution in [0.3, 0.4) is 0 Å². The van der Waals surface area contributed by atoms with Crippen molar-refractivity contribution in [3.8, 4) is 0 Å². The Kier molecular flexibility index (Phi) is 4.66. The summed E-state index contributed by atoms with van der Waals surface area (Å²) in [7, 11) is 1.87. The minimum absolute atomic E-state index is 0.385. The van der Waals surface area contributed by atoms with Crippen molar-refractivity contribution in [3.63, 3.8) is 0 Å². The van der Waals surface area contributed by atoms with Gasteiger partial charge in [-0.05, 0) is 31.6 Å². The molecule has 0 aromatic heterocycles. The maximum Gasteiger partial charge on any atom is 0.193 e. The van der Waals surface area contributed by atoms with E-state index in [9.17, 15) is 0 Å². The van der Waals surface area contributed by atoms with Gasteiger partial charge in [0.05, 0.1) is 6.10 Å². The smallest absolute Gasteiger partial charge is 0.193 e. The standard InChI is InChI=1S/C13H25N3O/c1-11-5-7-16(8-6-11)13(14-2)15-10-12-4-3-9-17-12/h11-12H,3-10H2,1-2H3,(H,14,15). The van der Waals surface area contributed by atoms with Crippen LogP contribution < -0.4 is 5.32 Å². The van der Waals surface area contributed by atoms with Gasteiger partial charge in [0.15, 0.2) is 5.96 Å². The predicted molar refractivity (Wildman–Crippen MR) is 70.3 cm³/mol. The van der Waals surface area contributed by atoms with Crippen molar-refractivity contribution in [2.24, 2.45) is 10.9 Å². The van der Waals surface area contributed by atoms with E-state index in [0.29, 0.717) is 6.10 Å². The zero-order valence-electron chi connectivity index (χ0n) is 11.1. The Morgan fingerprint density at radius 2 is 2.12 bits per heavy atom. The van der Waals surface area contributed by atoms with Crippen molar-refractivity contribution >= 4 is 5.96 Å². The Morgan fingerprint density at radius 1 is 1.35 bits per heavy atom. The summed E-state index contributed by atoms with van der Waals surface area (Å²) in [5, 5.41) is 3.45. The Hall–Kier alpha value is -0.770. The molecule has 2 aliphatic heterocycles. The molecule has 0 aromatic rings. The Balaban J connectivity index is 1.76. The third-order valence-corrected chi connectivity index (χ3v) is 3.81. The number of hydrogen-bond acceptors (Lipinski definition) is 2. The molecule has 1 unspecified atom stereocenters. The highest BCUT2D eigenvalue weighted by Crippen LogP contribution is 2.16. The molecule has 1 N–H and O–H groups in total. The maximum atomic E-state index is 5.62. The Labute approximate surface area is 104 Å². The summed E-state index contributed by atoms with van der Waals surface area (Å²) in [6.07, 6.45) is 5.32. The van der Waals surface area contributed by atoms with Gasteiger partial charge in [0.1, 0.15) is 0 Å². The number of guanidine groups is 1. The number of rotatable bonds is 2. The van der Waals surface area contributed by atoms with Gasteiger partial charge >= 0.3 is 0 Å². The first-order chi connectivity index (χ1) is 8.29. The molecule has 1 atom stereocenters. The molecule has 2 aliphatic rings. The molecule has 2 fully saturated rings. The molecule has 4 nitrogen and oxygen atoms in total. The number of hydrogen-bond donors (Lipinski definition) is 1. The summed E-state index contributed by atoms with van der Waals surface area (Å²) < 4.78 is 5.62. The zero-order chi connectivity index (χ0) is 12.1. The molecule has 0 saturated carbocycles. The molecule has 98 valence electrons. The molecule has 2 saturated heterocycles. The summed E-state index contributed by atoms with van der Waals surface area (Å²) in [6, 6.07) is 0. The lowest BCUT2D eigenvalue weighted by Crippen LogP contribution is -2.47. The first-order valence-electron chi connectivity index (χ1n) is 6.87. The summed E-state index contributed by atoms with van der Waals surface area (Å²) in [4.78, 5) is 6.74. The van der Waals surface area contributed by atoms with Crippen LogP contribution in [0.15, 0.2) is 4.99 Å². The predicted octanol–water partition coefficient (Wildman–Crippen LogP) is 1.47. The third-order valence-electron chi connectivity index (χ3n) is 3.81. The highest BCUT2D eigenvalue weighted by molar-refractivity contribution is 5.79. The Bertz CT molecular complexity index is 253.